The third-order valence-electron chi connectivity index (χ3n) is 4.44. The summed E-state index contributed by atoms with van der Waals surface area (Å²) >= 11 is 1.99. The number of hydrogen-bond donors (Lipinski definition) is 1. The standard InChI is InChI=1S/C18H30N4S.HI/c1-3-21(4-2)17(14-16-8-6-5-7-9-16)15-20-18(19)22-10-12-23-13-11-22;/h5-9,17H,3-4,10-15H2,1-2H3,(H2,19,20);1H. The Balaban J connectivity index is 0.00000288. The van der Waals surface area contributed by atoms with Crippen molar-refractivity contribution in [3.8, 4) is 0 Å². The maximum atomic E-state index is 6.22. The number of rotatable bonds is 7. The van der Waals surface area contributed by atoms with Crippen LogP contribution in [-0.2, 0) is 6.42 Å². The van der Waals surface area contributed by atoms with Crippen LogP contribution >= 0.6 is 35.7 Å². The van der Waals surface area contributed by atoms with E-state index in [0.29, 0.717) is 6.04 Å². The van der Waals surface area contributed by atoms with Crippen LogP contribution in [0.2, 0.25) is 0 Å². The zero-order valence-corrected chi connectivity index (χ0v) is 18.0. The third-order valence-corrected chi connectivity index (χ3v) is 5.38. The van der Waals surface area contributed by atoms with E-state index in [1.165, 1.54) is 5.56 Å². The van der Waals surface area contributed by atoms with Crippen LogP contribution in [-0.4, -0.2) is 66.0 Å². The van der Waals surface area contributed by atoms with E-state index in [1.54, 1.807) is 0 Å². The highest BCUT2D eigenvalue weighted by atomic mass is 127. The van der Waals surface area contributed by atoms with E-state index in [-0.39, 0.29) is 24.0 Å². The highest BCUT2D eigenvalue weighted by molar-refractivity contribution is 14.0. The van der Waals surface area contributed by atoms with Crippen molar-refractivity contribution in [2.45, 2.75) is 26.3 Å². The van der Waals surface area contributed by atoms with Gasteiger partial charge in [0.2, 0.25) is 0 Å². The van der Waals surface area contributed by atoms with Crippen LogP contribution in [0, 0.1) is 0 Å². The van der Waals surface area contributed by atoms with Crippen LogP contribution < -0.4 is 5.73 Å². The predicted octanol–water partition coefficient (Wildman–Crippen LogP) is 2.92. The molecule has 1 atom stereocenters. The number of guanidine groups is 1. The lowest BCUT2D eigenvalue weighted by atomic mass is 10.0. The van der Waals surface area contributed by atoms with E-state index in [1.807, 2.05) is 11.8 Å². The molecule has 6 heteroatoms. The Labute approximate surface area is 168 Å². The lowest BCUT2D eigenvalue weighted by Crippen LogP contribution is -2.44. The average molecular weight is 462 g/mol. The molecule has 0 amide bonds. The number of nitrogens with zero attached hydrogens (tertiary/aromatic N) is 3. The van der Waals surface area contributed by atoms with Crippen molar-refractivity contribution >= 4 is 41.7 Å². The molecule has 0 aromatic heterocycles. The summed E-state index contributed by atoms with van der Waals surface area (Å²) in [6, 6.07) is 11.1. The summed E-state index contributed by atoms with van der Waals surface area (Å²) in [5.41, 5.74) is 7.59. The first-order chi connectivity index (χ1) is 11.2. The normalized spacial score (nSPS) is 16.8. The quantitative estimate of drug-likeness (QED) is 0.385. The second-order valence-corrected chi connectivity index (χ2v) is 7.09. The fourth-order valence-electron chi connectivity index (χ4n) is 3.03. The predicted molar refractivity (Wildman–Crippen MR) is 118 cm³/mol. The number of aliphatic imine (C=N–C) groups is 1. The van der Waals surface area contributed by atoms with E-state index in [4.69, 9.17) is 10.7 Å². The Morgan fingerprint density at radius 1 is 1.21 bits per heavy atom. The molecule has 0 saturated carbocycles. The topological polar surface area (TPSA) is 44.9 Å². The lowest BCUT2D eigenvalue weighted by Gasteiger charge is -2.30. The minimum atomic E-state index is 0. The summed E-state index contributed by atoms with van der Waals surface area (Å²) in [4.78, 5) is 9.43. The molecule has 1 aliphatic heterocycles. The van der Waals surface area contributed by atoms with Gasteiger partial charge in [0.1, 0.15) is 0 Å². The van der Waals surface area contributed by atoms with Crippen LogP contribution in [0.3, 0.4) is 0 Å². The first-order valence-corrected chi connectivity index (χ1v) is 9.80. The molecule has 0 radical (unpaired) electrons. The van der Waals surface area contributed by atoms with Gasteiger partial charge in [-0.25, -0.2) is 0 Å². The molecule has 1 unspecified atom stereocenters. The molecule has 4 nitrogen and oxygen atoms in total. The van der Waals surface area contributed by atoms with Crippen molar-refractivity contribution in [3.05, 3.63) is 35.9 Å². The van der Waals surface area contributed by atoms with Crippen LogP contribution in [0.25, 0.3) is 0 Å². The highest BCUT2D eigenvalue weighted by Crippen LogP contribution is 2.11. The van der Waals surface area contributed by atoms with E-state index in [0.717, 1.165) is 56.6 Å². The van der Waals surface area contributed by atoms with Crippen LogP contribution in [0.4, 0.5) is 0 Å². The minimum absolute atomic E-state index is 0. The highest BCUT2D eigenvalue weighted by Gasteiger charge is 2.17. The molecule has 1 aromatic carbocycles. The zero-order valence-electron chi connectivity index (χ0n) is 14.9. The number of hydrogen-bond acceptors (Lipinski definition) is 3. The Hall–Kier alpha value is -0.470. The van der Waals surface area contributed by atoms with Crippen molar-refractivity contribution in [3.63, 3.8) is 0 Å². The van der Waals surface area contributed by atoms with Gasteiger partial charge >= 0.3 is 0 Å². The molecule has 24 heavy (non-hydrogen) atoms. The first-order valence-electron chi connectivity index (χ1n) is 8.65. The molecule has 0 spiro atoms. The number of benzene rings is 1. The summed E-state index contributed by atoms with van der Waals surface area (Å²) in [5.74, 6) is 3.02. The molecule has 1 fully saturated rings. The smallest absolute Gasteiger partial charge is 0.191 e. The monoisotopic (exact) mass is 462 g/mol. The SMILES string of the molecule is CCN(CC)C(CN=C(N)N1CCSCC1)Cc1ccccc1.I. The third kappa shape index (κ3) is 6.80. The number of nitrogens with two attached hydrogens (primary N) is 1. The van der Waals surface area contributed by atoms with Crippen molar-refractivity contribution in [2.24, 2.45) is 10.7 Å². The van der Waals surface area contributed by atoms with Crippen molar-refractivity contribution in [2.75, 3.05) is 44.2 Å². The second kappa shape index (κ2) is 12.0. The van der Waals surface area contributed by atoms with E-state index in [2.05, 4.69) is 54.0 Å². The molecule has 2 N–H and O–H groups in total. The van der Waals surface area contributed by atoms with Gasteiger partial charge in [0.25, 0.3) is 0 Å². The van der Waals surface area contributed by atoms with Crippen LogP contribution in [0.1, 0.15) is 19.4 Å². The Morgan fingerprint density at radius 3 is 2.42 bits per heavy atom. The van der Waals surface area contributed by atoms with E-state index in [9.17, 15) is 0 Å². The van der Waals surface area contributed by atoms with Crippen molar-refractivity contribution in [1.82, 2.24) is 9.80 Å². The summed E-state index contributed by atoms with van der Waals surface area (Å²) < 4.78 is 0. The van der Waals surface area contributed by atoms with Crippen molar-refractivity contribution < 1.29 is 0 Å². The largest absolute Gasteiger partial charge is 0.370 e. The van der Waals surface area contributed by atoms with Gasteiger partial charge in [0, 0.05) is 30.6 Å². The molecule has 1 aliphatic rings. The van der Waals surface area contributed by atoms with Gasteiger partial charge < -0.3 is 10.6 Å². The van der Waals surface area contributed by atoms with E-state index < -0.39 is 0 Å². The first kappa shape index (κ1) is 21.6. The molecule has 136 valence electrons. The van der Waals surface area contributed by atoms with E-state index >= 15 is 0 Å². The zero-order chi connectivity index (χ0) is 16.5. The van der Waals surface area contributed by atoms with Gasteiger partial charge in [0.05, 0.1) is 6.54 Å². The maximum Gasteiger partial charge on any atom is 0.191 e. The minimum Gasteiger partial charge on any atom is -0.370 e. The van der Waals surface area contributed by atoms with Gasteiger partial charge in [-0.1, -0.05) is 44.2 Å². The van der Waals surface area contributed by atoms with Crippen LogP contribution in [0.15, 0.2) is 35.3 Å². The molecular weight excluding hydrogens is 431 g/mol. The average Bonchev–Trinajstić information content (AvgIpc) is 2.62. The lowest BCUT2D eigenvalue weighted by molar-refractivity contribution is 0.220. The van der Waals surface area contributed by atoms with Crippen molar-refractivity contribution in [1.29, 1.82) is 0 Å². The van der Waals surface area contributed by atoms with Crippen LogP contribution in [0.5, 0.6) is 0 Å². The molecule has 1 heterocycles. The van der Waals surface area contributed by atoms with Gasteiger partial charge in [-0.2, -0.15) is 11.8 Å². The molecule has 0 bridgehead atoms. The second-order valence-electron chi connectivity index (χ2n) is 5.86. The molecule has 0 aliphatic carbocycles. The molecule has 2 rings (SSSR count). The summed E-state index contributed by atoms with van der Waals surface area (Å²) in [5, 5.41) is 0. The Morgan fingerprint density at radius 2 is 1.83 bits per heavy atom. The molecule has 1 saturated heterocycles. The Kier molecular flexibility index (Phi) is 10.8. The number of likely N-dealkylation sites (N-methyl/N-ethyl adjacent to an activating group) is 1. The number of halogens is 1. The summed E-state index contributed by atoms with van der Waals surface area (Å²) in [7, 11) is 0. The summed E-state index contributed by atoms with van der Waals surface area (Å²) in [6.45, 7) is 9.34. The van der Waals surface area contributed by atoms with Gasteiger partial charge in [-0.3, -0.25) is 9.89 Å². The Bertz CT molecular complexity index is 473. The molecule has 1 aromatic rings. The fraction of sp³-hybridized carbons (Fsp3) is 0.611. The van der Waals surface area contributed by atoms with Gasteiger partial charge in [0.15, 0.2) is 5.96 Å². The van der Waals surface area contributed by atoms with Gasteiger partial charge in [-0.05, 0) is 25.1 Å². The summed E-state index contributed by atoms with van der Waals surface area (Å²) in [6.07, 6.45) is 1.02. The number of thioether (sulfide) groups is 1. The maximum absolute atomic E-state index is 6.22. The molecular formula is C18H31IN4S. The fourth-order valence-corrected chi connectivity index (χ4v) is 3.93. The van der Waals surface area contributed by atoms with Gasteiger partial charge in [-0.15, -0.1) is 24.0 Å².